The van der Waals surface area contributed by atoms with Crippen LogP contribution in [0.1, 0.15) is 33.1 Å². The van der Waals surface area contributed by atoms with Crippen molar-refractivity contribution in [3.05, 3.63) is 0 Å². The SMILES string of the molecule is CCC1(C)CC(CO)(NCCN(C)C)CCO1. The Morgan fingerprint density at radius 2 is 2.12 bits per heavy atom. The molecule has 0 saturated carbocycles. The molecule has 1 heterocycles. The molecule has 0 aromatic carbocycles. The molecule has 17 heavy (non-hydrogen) atoms. The maximum atomic E-state index is 9.70. The molecule has 4 nitrogen and oxygen atoms in total. The van der Waals surface area contributed by atoms with Gasteiger partial charge < -0.3 is 20.1 Å². The summed E-state index contributed by atoms with van der Waals surface area (Å²) in [7, 11) is 4.13. The van der Waals surface area contributed by atoms with Crippen molar-refractivity contribution in [1.82, 2.24) is 10.2 Å². The third-order valence-corrected chi connectivity index (χ3v) is 3.85. The van der Waals surface area contributed by atoms with Crippen molar-refractivity contribution in [3.8, 4) is 0 Å². The van der Waals surface area contributed by atoms with Gasteiger partial charge >= 0.3 is 0 Å². The molecule has 0 radical (unpaired) electrons. The predicted octanol–water partition coefficient (Wildman–Crippen LogP) is 0.848. The number of aliphatic hydroxyl groups is 1. The zero-order valence-corrected chi connectivity index (χ0v) is 11.8. The molecule has 102 valence electrons. The Morgan fingerprint density at radius 1 is 1.41 bits per heavy atom. The number of ether oxygens (including phenoxy) is 1. The van der Waals surface area contributed by atoms with Crippen LogP contribution in [-0.2, 0) is 4.74 Å². The third kappa shape index (κ3) is 4.21. The fourth-order valence-electron chi connectivity index (χ4n) is 2.46. The number of nitrogens with one attached hydrogen (secondary N) is 1. The smallest absolute Gasteiger partial charge is 0.0670 e. The van der Waals surface area contributed by atoms with Gasteiger partial charge in [0.25, 0.3) is 0 Å². The van der Waals surface area contributed by atoms with Gasteiger partial charge in [0.15, 0.2) is 0 Å². The molecule has 0 aromatic rings. The van der Waals surface area contributed by atoms with Gasteiger partial charge in [-0.15, -0.1) is 0 Å². The lowest BCUT2D eigenvalue weighted by molar-refractivity contribution is -0.111. The molecule has 2 N–H and O–H groups in total. The Labute approximate surface area is 105 Å². The Balaban J connectivity index is 2.55. The van der Waals surface area contributed by atoms with Crippen LogP contribution in [0.3, 0.4) is 0 Å². The zero-order chi connectivity index (χ0) is 12.9. The molecule has 1 rings (SSSR count). The first-order chi connectivity index (χ1) is 7.95. The zero-order valence-electron chi connectivity index (χ0n) is 11.8. The average molecular weight is 244 g/mol. The topological polar surface area (TPSA) is 44.7 Å². The van der Waals surface area contributed by atoms with Gasteiger partial charge in [-0.2, -0.15) is 0 Å². The first kappa shape index (κ1) is 14.9. The molecule has 0 aromatic heterocycles. The van der Waals surface area contributed by atoms with Crippen molar-refractivity contribution < 1.29 is 9.84 Å². The second kappa shape index (κ2) is 6.14. The maximum Gasteiger partial charge on any atom is 0.0670 e. The number of hydrogen-bond acceptors (Lipinski definition) is 4. The molecule has 1 fully saturated rings. The van der Waals surface area contributed by atoms with Gasteiger partial charge in [-0.05, 0) is 40.3 Å². The van der Waals surface area contributed by atoms with E-state index in [-0.39, 0.29) is 17.7 Å². The summed E-state index contributed by atoms with van der Waals surface area (Å²) in [6.45, 7) is 7.12. The lowest BCUT2D eigenvalue weighted by atomic mass is 9.79. The second-order valence-electron chi connectivity index (χ2n) is 5.75. The highest BCUT2D eigenvalue weighted by atomic mass is 16.5. The van der Waals surface area contributed by atoms with Crippen molar-refractivity contribution in [2.75, 3.05) is 40.4 Å². The minimum atomic E-state index is -0.154. The van der Waals surface area contributed by atoms with E-state index in [2.05, 4.69) is 38.2 Å². The van der Waals surface area contributed by atoms with E-state index in [1.807, 2.05) is 0 Å². The minimum absolute atomic E-state index is 0.0912. The van der Waals surface area contributed by atoms with Crippen LogP contribution < -0.4 is 5.32 Å². The molecule has 1 aliphatic rings. The number of likely N-dealkylation sites (N-methyl/N-ethyl adjacent to an activating group) is 1. The van der Waals surface area contributed by atoms with Gasteiger partial charge in [0.1, 0.15) is 0 Å². The largest absolute Gasteiger partial charge is 0.394 e. The van der Waals surface area contributed by atoms with Crippen LogP contribution in [0.5, 0.6) is 0 Å². The van der Waals surface area contributed by atoms with Crippen LogP contribution >= 0.6 is 0 Å². The van der Waals surface area contributed by atoms with Crippen LogP contribution in [0, 0.1) is 0 Å². The highest BCUT2D eigenvalue weighted by Gasteiger charge is 2.41. The van der Waals surface area contributed by atoms with Crippen LogP contribution in [0.25, 0.3) is 0 Å². The summed E-state index contributed by atoms with van der Waals surface area (Å²) >= 11 is 0. The molecule has 2 unspecified atom stereocenters. The van der Waals surface area contributed by atoms with Gasteiger partial charge in [-0.25, -0.2) is 0 Å². The van der Waals surface area contributed by atoms with Crippen LogP contribution in [0.2, 0.25) is 0 Å². The lowest BCUT2D eigenvalue weighted by Gasteiger charge is -2.46. The van der Waals surface area contributed by atoms with Gasteiger partial charge in [0.05, 0.1) is 12.2 Å². The van der Waals surface area contributed by atoms with E-state index < -0.39 is 0 Å². The Hall–Kier alpha value is -0.160. The maximum absolute atomic E-state index is 9.70. The van der Waals surface area contributed by atoms with Gasteiger partial charge in [0.2, 0.25) is 0 Å². The highest BCUT2D eigenvalue weighted by Crippen LogP contribution is 2.34. The fourth-order valence-corrected chi connectivity index (χ4v) is 2.46. The number of rotatable bonds is 6. The quantitative estimate of drug-likeness (QED) is 0.727. The molecule has 0 aliphatic carbocycles. The van der Waals surface area contributed by atoms with E-state index in [1.165, 1.54) is 0 Å². The van der Waals surface area contributed by atoms with Crippen molar-refractivity contribution >= 4 is 0 Å². The Bertz CT molecular complexity index is 235. The van der Waals surface area contributed by atoms with E-state index in [0.717, 1.165) is 39.0 Å². The van der Waals surface area contributed by atoms with E-state index in [1.54, 1.807) is 0 Å². The second-order valence-corrected chi connectivity index (χ2v) is 5.75. The van der Waals surface area contributed by atoms with Crippen molar-refractivity contribution in [1.29, 1.82) is 0 Å². The molecule has 2 atom stereocenters. The summed E-state index contributed by atoms with van der Waals surface area (Å²) in [5.41, 5.74) is -0.245. The normalized spacial score (nSPS) is 34.2. The van der Waals surface area contributed by atoms with Crippen LogP contribution in [0.15, 0.2) is 0 Å². The van der Waals surface area contributed by atoms with Gasteiger partial charge in [-0.1, -0.05) is 6.92 Å². The predicted molar refractivity (Wildman–Crippen MR) is 70.3 cm³/mol. The molecule has 4 heteroatoms. The van der Waals surface area contributed by atoms with E-state index in [0.29, 0.717) is 0 Å². The molecular formula is C13H28N2O2. The van der Waals surface area contributed by atoms with Crippen LogP contribution in [0.4, 0.5) is 0 Å². The van der Waals surface area contributed by atoms with Gasteiger partial charge in [0, 0.05) is 25.2 Å². The summed E-state index contributed by atoms with van der Waals surface area (Å²) in [5.74, 6) is 0. The lowest BCUT2D eigenvalue weighted by Crippen LogP contribution is -2.58. The molecule has 1 saturated heterocycles. The summed E-state index contributed by atoms with van der Waals surface area (Å²) < 4.78 is 5.84. The molecule has 0 bridgehead atoms. The summed E-state index contributed by atoms with van der Waals surface area (Å²) in [6, 6.07) is 0. The average Bonchev–Trinajstić information content (AvgIpc) is 2.29. The summed E-state index contributed by atoms with van der Waals surface area (Å²) in [4.78, 5) is 2.15. The van der Waals surface area contributed by atoms with Crippen LogP contribution in [-0.4, -0.2) is 61.5 Å². The number of hydrogen-bond donors (Lipinski definition) is 2. The third-order valence-electron chi connectivity index (χ3n) is 3.85. The van der Waals surface area contributed by atoms with E-state index >= 15 is 0 Å². The standard InChI is InChI=1S/C13H28N2O2/c1-5-12(2)10-13(11-16,6-9-17-12)14-7-8-15(3)4/h14,16H,5-11H2,1-4H3. The first-order valence-corrected chi connectivity index (χ1v) is 6.60. The monoisotopic (exact) mass is 244 g/mol. The molecule has 0 amide bonds. The Kier molecular flexibility index (Phi) is 5.38. The fraction of sp³-hybridized carbons (Fsp3) is 1.00. The summed E-state index contributed by atoms with van der Waals surface area (Å²) in [5, 5.41) is 13.2. The number of aliphatic hydroxyl groups excluding tert-OH is 1. The molecule has 0 spiro atoms. The van der Waals surface area contributed by atoms with Crippen molar-refractivity contribution in [3.63, 3.8) is 0 Å². The first-order valence-electron chi connectivity index (χ1n) is 6.60. The van der Waals surface area contributed by atoms with Crippen molar-refractivity contribution in [2.45, 2.75) is 44.2 Å². The Morgan fingerprint density at radius 3 is 2.65 bits per heavy atom. The van der Waals surface area contributed by atoms with E-state index in [4.69, 9.17) is 4.74 Å². The van der Waals surface area contributed by atoms with Gasteiger partial charge in [-0.3, -0.25) is 0 Å². The van der Waals surface area contributed by atoms with E-state index in [9.17, 15) is 5.11 Å². The minimum Gasteiger partial charge on any atom is -0.394 e. The summed E-state index contributed by atoms with van der Waals surface area (Å²) in [6.07, 6.45) is 2.77. The molecular weight excluding hydrogens is 216 g/mol. The molecule has 1 aliphatic heterocycles. The number of nitrogens with zero attached hydrogens (tertiary/aromatic N) is 1. The van der Waals surface area contributed by atoms with Crippen molar-refractivity contribution in [2.24, 2.45) is 0 Å². The highest BCUT2D eigenvalue weighted by molar-refractivity contribution is 4.97.